The highest BCUT2D eigenvalue weighted by atomic mass is 16.2. The van der Waals surface area contributed by atoms with Gasteiger partial charge in [0.1, 0.15) is 0 Å². The minimum absolute atomic E-state index is 0.121. The lowest BCUT2D eigenvalue weighted by molar-refractivity contribution is 0.0762. The summed E-state index contributed by atoms with van der Waals surface area (Å²) >= 11 is 0. The maximum atomic E-state index is 12.7. The first-order valence-electron chi connectivity index (χ1n) is 7.31. The third-order valence-electron chi connectivity index (χ3n) is 4.24. The van der Waals surface area contributed by atoms with Crippen LogP contribution >= 0.6 is 0 Å². The number of amides is 1. The van der Waals surface area contributed by atoms with E-state index >= 15 is 0 Å². The summed E-state index contributed by atoms with van der Waals surface area (Å²) in [5.41, 5.74) is 8.23. The number of hydrogen-bond donors (Lipinski definition) is 2. The number of carbonyl (C=O) groups is 1. The number of nitrogens with one attached hydrogen (secondary N) is 1. The third kappa shape index (κ3) is 2.38. The molecule has 3 N–H and O–H groups in total. The van der Waals surface area contributed by atoms with Crippen LogP contribution in [-0.2, 0) is 0 Å². The van der Waals surface area contributed by atoms with Crippen LogP contribution in [0.1, 0.15) is 36.5 Å². The van der Waals surface area contributed by atoms with Gasteiger partial charge < -0.3 is 15.6 Å². The fourth-order valence-corrected chi connectivity index (χ4v) is 2.95. The van der Waals surface area contributed by atoms with E-state index in [4.69, 9.17) is 5.73 Å². The van der Waals surface area contributed by atoms with E-state index in [2.05, 4.69) is 11.9 Å². The molecule has 0 saturated carbocycles. The predicted octanol–water partition coefficient (Wildman–Crippen LogP) is 3.01. The molecule has 1 aliphatic rings. The summed E-state index contributed by atoms with van der Waals surface area (Å²) in [4.78, 5) is 17.8. The second kappa shape index (κ2) is 5.19. The summed E-state index contributed by atoms with van der Waals surface area (Å²) in [6.45, 7) is 3.98. The van der Waals surface area contributed by atoms with Crippen molar-refractivity contribution in [3.63, 3.8) is 0 Å². The SMILES string of the molecule is CC1CCCN(C(=O)c2c[nH]c3ccc(N)cc23)CC1. The Hall–Kier alpha value is -1.97. The van der Waals surface area contributed by atoms with Crippen LogP contribution in [0.5, 0.6) is 0 Å². The highest BCUT2D eigenvalue weighted by Gasteiger charge is 2.22. The van der Waals surface area contributed by atoms with Crippen molar-refractivity contribution >= 4 is 22.5 Å². The number of rotatable bonds is 1. The van der Waals surface area contributed by atoms with Gasteiger partial charge in [-0.2, -0.15) is 0 Å². The van der Waals surface area contributed by atoms with E-state index < -0.39 is 0 Å². The Bertz CT molecular complexity index is 632. The predicted molar refractivity (Wildman–Crippen MR) is 81.6 cm³/mol. The Morgan fingerprint density at radius 2 is 2.20 bits per heavy atom. The number of carbonyl (C=O) groups excluding carboxylic acids is 1. The van der Waals surface area contributed by atoms with Gasteiger partial charge in [-0.05, 0) is 43.4 Å². The molecular weight excluding hydrogens is 250 g/mol. The summed E-state index contributed by atoms with van der Waals surface area (Å²) in [5.74, 6) is 0.836. The molecule has 1 aromatic heterocycles. The molecule has 20 heavy (non-hydrogen) atoms. The average Bonchev–Trinajstić information content (AvgIpc) is 2.72. The van der Waals surface area contributed by atoms with Crippen molar-refractivity contribution < 1.29 is 4.79 Å². The van der Waals surface area contributed by atoms with Crippen LogP contribution in [0.3, 0.4) is 0 Å². The van der Waals surface area contributed by atoms with Crippen molar-refractivity contribution in [1.29, 1.82) is 0 Å². The molecule has 4 nitrogen and oxygen atoms in total. The molecule has 0 bridgehead atoms. The zero-order valence-corrected chi connectivity index (χ0v) is 11.9. The van der Waals surface area contributed by atoms with Crippen molar-refractivity contribution in [2.75, 3.05) is 18.8 Å². The third-order valence-corrected chi connectivity index (χ3v) is 4.24. The standard InChI is InChI=1S/C16H21N3O/c1-11-3-2-7-19(8-6-11)16(20)14-10-18-15-5-4-12(17)9-13(14)15/h4-5,9-11,18H,2-3,6-8,17H2,1H3. The van der Waals surface area contributed by atoms with E-state index in [-0.39, 0.29) is 5.91 Å². The number of anilines is 1. The summed E-state index contributed by atoms with van der Waals surface area (Å²) in [6.07, 6.45) is 5.21. The molecule has 3 rings (SSSR count). The minimum Gasteiger partial charge on any atom is -0.399 e. The van der Waals surface area contributed by atoms with Gasteiger partial charge in [-0.25, -0.2) is 0 Å². The number of aromatic amines is 1. The maximum Gasteiger partial charge on any atom is 0.256 e. The topological polar surface area (TPSA) is 62.1 Å². The van der Waals surface area contributed by atoms with Gasteiger partial charge >= 0.3 is 0 Å². The Balaban J connectivity index is 1.90. The lowest BCUT2D eigenvalue weighted by Crippen LogP contribution is -2.31. The van der Waals surface area contributed by atoms with Crippen LogP contribution in [0.4, 0.5) is 5.69 Å². The number of likely N-dealkylation sites (tertiary alicyclic amines) is 1. The molecule has 2 heterocycles. The molecule has 1 atom stereocenters. The van der Waals surface area contributed by atoms with E-state index in [1.165, 1.54) is 6.42 Å². The van der Waals surface area contributed by atoms with E-state index in [1.54, 1.807) is 6.20 Å². The van der Waals surface area contributed by atoms with Crippen LogP contribution in [-0.4, -0.2) is 28.9 Å². The van der Waals surface area contributed by atoms with Crippen LogP contribution in [0, 0.1) is 5.92 Å². The van der Waals surface area contributed by atoms with Crippen LogP contribution in [0.2, 0.25) is 0 Å². The summed E-state index contributed by atoms with van der Waals surface area (Å²) in [5, 5.41) is 0.923. The Kier molecular flexibility index (Phi) is 3.38. The zero-order chi connectivity index (χ0) is 14.1. The number of aromatic nitrogens is 1. The highest BCUT2D eigenvalue weighted by molar-refractivity contribution is 6.07. The zero-order valence-electron chi connectivity index (χ0n) is 11.9. The lowest BCUT2D eigenvalue weighted by atomic mass is 10.0. The van der Waals surface area contributed by atoms with Crippen molar-refractivity contribution in [2.24, 2.45) is 5.92 Å². The number of nitrogens with two attached hydrogens (primary N) is 1. The van der Waals surface area contributed by atoms with Crippen LogP contribution in [0.25, 0.3) is 10.9 Å². The highest BCUT2D eigenvalue weighted by Crippen LogP contribution is 2.24. The monoisotopic (exact) mass is 271 g/mol. The molecule has 1 amide bonds. The van der Waals surface area contributed by atoms with Gasteiger partial charge in [0.2, 0.25) is 0 Å². The molecule has 2 aromatic rings. The summed E-state index contributed by atoms with van der Waals surface area (Å²) < 4.78 is 0. The minimum atomic E-state index is 0.121. The van der Waals surface area contributed by atoms with Gasteiger partial charge in [0, 0.05) is 35.9 Å². The number of H-pyrrole nitrogens is 1. The molecule has 4 heteroatoms. The van der Waals surface area contributed by atoms with Gasteiger partial charge in [0.05, 0.1) is 5.56 Å². The fraction of sp³-hybridized carbons (Fsp3) is 0.438. The quantitative estimate of drug-likeness (QED) is 0.783. The van der Waals surface area contributed by atoms with E-state index in [0.29, 0.717) is 11.6 Å². The fourth-order valence-electron chi connectivity index (χ4n) is 2.95. The van der Waals surface area contributed by atoms with Gasteiger partial charge in [-0.3, -0.25) is 4.79 Å². The van der Waals surface area contributed by atoms with Gasteiger partial charge in [0.25, 0.3) is 5.91 Å². The molecule has 1 fully saturated rings. The number of fused-ring (bicyclic) bond motifs is 1. The van der Waals surface area contributed by atoms with E-state index in [0.717, 1.165) is 42.4 Å². The van der Waals surface area contributed by atoms with Crippen molar-refractivity contribution in [3.8, 4) is 0 Å². The average molecular weight is 271 g/mol. The van der Waals surface area contributed by atoms with Gasteiger partial charge in [-0.15, -0.1) is 0 Å². The van der Waals surface area contributed by atoms with Crippen LogP contribution in [0.15, 0.2) is 24.4 Å². The second-order valence-electron chi connectivity index (χ2n) is 5.84. The van der Waals surface area contributed by atoms with Crippen molar-refractivity contribution in [2.45, 2.75) is 26.2 Å². The molecule has 1 unspecified atom stereocenters. The molecule has 1 saturated heterocycles. The first-order chi connectivity index (χ1) is 9.65. The van der Waals surface area contributed by atoms with Gasteiger partial charge in [0.15, 0.2) is 0 Å². The number of nitrogens with zero attached hydrogens (tertiary/aromatic N) is 1. The Morgan fingerprint density at radius 3 is 3.05 bits per heavy atom. The van der Waals surface area contributed by atoms with Crippen LogP contribution < -0.4 is 5.73 Å². The molecule has 0 radical (unpaired) electrons. The molecule has 106 valence electrons. The number of hydrogen-bond acceptors (Lipinski definition) is 2. The van der Waals surface area contributed by atoms with Gasteiger partial charge in [-0.1, -0.05) is 6.92 Å². The Morgan fingerprint density at radius 1 is 1.35 bits per heavy atom. The first kappa shape index (κ1) is 13.0. The smallest absolute Gasteiger partial charge is 0.256 e. The van der Waals surface area contributed by atoms with E-state index in [9.17, 15) is 4.79 Å². The lowest BCUT2D eigenvalue weighted by Gasteiger charge is -2.20. The second-order valence-corrected chi connectivity index (χ2v) is 5.84. The van der Waals surface area contributed by atoms with Crippen molar-refractivity contribution in [3.05, 3.63) is 30.0 Å². The van der Waals surface area contributed by atoms with E-state index in [1.807, 2.05) is 23.1 Å². The molecule has 0 aliphatic carbocycles. The first-order valence-corrected chi connectivity index (χ1v) is 7.31. The molecule has 0 spiro atoms. The number of benzene rings is 1. The molecular formula is C16H21N3O. The number of nitrogen functional groups attached to an aromatic ring is 1. The molecule has 1 aliphatic heterocycles. The summed E-state index contributed by atoms with van der Waals surface area (Å²) in [7, 11) is 0. The Labute approximate surface area is 118 Å². The maximum absolute atomic E-state index is 12.7. The largest absolute Gasteiger partial charge is 0.399 e. The normalized spacial score (nSPS) is 20.1. The molecule has 1 aromatic carbocycles. The van der Waals surface area contributed by atoms with Crippen molar-refractivity contribution in [1.82, 2.24) is 9.88 Å². The summed E-state index contributed by atoms with van der Waals surface area (Å²) in [6, 6.07) is 5.65.